The number of nitrogens with zero attached hydrogens (tertiary/aromatic N) is 5. The summed E-state index contributed by atoms with van der Waals surface area (Å²) in [6.07, 6.45) is 3.12. The van der Waals surface area contributed by atoms with E-state index in [1.54, 1.807) is 6.33 Å². The molecule has 23 heavy (non-hydrogen) atoms. The number of nitriles is 1. The van der Waals surface area contributed by atoms with Crippen LogP contribution < -0.4 is 5.32 Å². The van der Waals surface area contributed by atoms with Crippen LogP contribution in [0.5, 0.6) is 0 Å². The lowest BCUT2D eigenvalue weighted by atomic mass is 9.95. The van der Waals surface area contributed by atoms with E-state index in [0.29, 0.717) is 24.6 Å². The van der Waals surface area contributed by atoms with Gasteiger partial charge in [-0.05, 0) is 32.3 Å². The Labute approximate surface area is 135 Å². The molecular weight excluding hydrogens is 292 g/mol. The van der Waals surface area contributed by atoms with Crippen LogP contribution in [0, 0.1) is 11.3 Å². The Kier molecular flexibility index (Phi) is 4.46. The molecule has 7 nitrogen and oxygen atoms in total. The van der Waals surface area contributed by atoms with E-state index in [2.05, 4.69) is 40.3 Å². The number of aromatic nitrogens is 3. The highest BCUT2D eigenvalue weighted by molar-refractivity contribution is 5.68. The standard InChI is InChI=1S/C16H22N6O/c1-11(2)21-6-4-12-13(8-17)15(18-5-3-7-23)22-10-19-20-16(22)14(12)9-21/h10-11,18,23H,3-7,9H2,1-2H3. The lowest BCUT2D eigenvalue weighted by Gasteiger charge is -2.33. The summed E-state index contributed by atoms with van der Waals surface area (Å²) < 4.78 is 1.86. The minimum Gasteiger partial charge on any atom is -0.396 e. The summed E-state index contributed by atoms with van der Waals surface area (Å²) in [4.78, 5) is 2.39. The summed E-state index contributed by atoms with van der Waals surface area (Å²) in [5.41, 5.74) is 3.67. The number of aliphatic hydroxyl groups is 1. The highest BCUT2D eigenvalue weighted by Crippen LogP contribution is 2.31. The maximum absolute atomic E-state index is 9.70. The maximum Gasteiger partial charge on any atom is 0.167 e. The molecule has 2 N–H and O–H groups in total. The maximum atomic E-state index is 9.70. The topological polar surface area (TPSA) is 89.5 Å². The van der Waals surface area contributed by atoms with Crippen molar-refractivity contribution in [1.29, 1.82) is 5.26 Å². The smallest absolute Gasteiger partial charge is 0.167 e. The molecule has 0 atom stereocenters. The van der Waals surface area contributed by atoms with Crippen molar-refractivity contribution in [3.8, 4) is 6.07 Å². The van der Waals surface area contributed by atoms with Crippen LogP contribution in [0.4, 0.5) is 5.82 Å². The predicted molar refractivity (Wildman–Crippen MR) is 87.1 cm³/mol. The third-order valence-corrected chi connectivity index (χ3v) is 4.44. The zero-order valence-corrected chi connectivity index (χ0v) is 13.6. The Morgan fingerprint density at radius 2 is 2.26 bits per heavy atom. The minimum atomic E-state index is 0.120. The van der Waals surface area contributed by atoms with Crippen molar-refractivity contribution in [2.45, 2.75) is 39.3 Å². The second kappa shape index (κ2) is 6.52. The summed E-state index contributed by atoms with van der Waals surface area (Å²) in [5, 5.41) is 30.3. The van der Waals surface area contributed by atoms with Crippen LogP contribution in [0.25, 0.3) is 5.65 Å². The van der Waals surface area contributed by atoms with Gasteiger partial charge in [0.05, 0.1) is 5.56 Å². The number of aliphatic hydroxyl groups excluding tert-OH is 1. The molecule has 0 unspecified atom stereocenters. The van der Waals surface area contributed by atoms with Crippen LogP contribution in [0.15, 0.2) is 6.33 Å². The predicted octanol–water partition coefficient (Wildman–Crippen LogP) is 1.16. The van der Waals surface area contributed by atoms with Crippen molar-refractivity contribution < 1.29 is 5.11 Å². The van der Waals surface area contributed by atoms with Crippen molar-refractivity contribution in [1.82, 2.24) is 19.5 Å². The normalized spacial score (nSPS) is 14.9. The van der Waals surface area contributed by atoms with Gasteiger partial charge in [0.15, 0.2) is 5.65 Å². The van der Waals surface area contributed by atoms with Crippen LogP contribution in [0.1, 0.15) is 37.0 Å². The van der Waals surface area contributed by atoms with Gasteiger partial charge in [-0.1, -0.05) is 0 Å². The van der Waals surface area contributed by atoms with Crippen LogP contribution in [-0.4, -0.2) is 50.3 Å². The molecule has 0 aliphatic carbocycles. The Balaban J connectivity index is 2.11. The highest BCUT2D eigenvalue weighted by Gasteiger charge is 2.27. The second-order valence-corrected chi connectivity index (χ2v) is 6.14. The molecule has 0 radical (unpaired) electrons. The van der Waals surface area contributed by atoms with Gasteiger partial charge < -0.3 is 10.4 Å². The van der Waals surface area contributed by atoms with Gasteiger partial charge in [-0.2, -0.15) is 5.26 Å². The zero-order chi connectivity index (χ0) is 16.4. The van der Waals surface area contributed by atoms with Crippen molar-refractivity contribution in [3.63, 3.8) is 0 Å². The Bertz CT molecular complexity index is 745. The third-order valence-electron chi connectivity index (χ3n) is 4.44. The SMILES string of the molecule is CC(C)N1CCc2c(C#N)c(NCCCO)n3cnnc3c2C1. The molecule has 1 aliphatic heterocycles. The summed E-state index contributed by atoms with van der Waals surface area (Å²) in [6, 6.07) is 2.81. The van der Waals surface area contributed by atoms with E-state index in [0.717, 1.165) is 42.1 Å². The minimum absolute atomic E-state index is 0.120. The van der Waals surface area contributed by atoms with Gasteiger partial charge in [-0.15, -0.1) is 10.2 Å². The fraction of sp³-hybridized carbons (Fsp3) is 0.562. The Morgan fingerprint density at radius 3 is 2.96 bits per heavy atom. The van der Waals surface area contributed by atoms with E-state index in [9.17, 15) is 5.26 Å². The van der Waals surface area contributed by atoms with Crippen LogP contribution >= 0.6 is 0 Å². The number of pyridine rings is 1. The fourth-order valence-corrected chi connectivity index (χ4v) is 3.15. The first kappa shape index (κ1) is 15.7. The quantitative estimate of drug-likeness (QED) is 0.805. The summed E-state index contributed by atoms with van der Waals surface area (Å²) >= 11 is 0. The van der Waals surface area contributed by atoms with E-state index < -0.39 is 0 Å². The summed E-state index contributed by atoms with van der Waals surface area (Å²) in [5.74, 6) is 0.734. The number of fused-ring (bicyclic) bond motifs is 3. The van der Waals surface area contributed by atoms with Gasteiger partial charge in [0.25, 0.3) is 0 Å². The molecule has 122 valence electrons. The highest BCUT2D eigenvalue weighted by atomic mass is 16.3. The Hall–Kier alpha value is -2.17. The first-order valence-corrected chi connectivity index (χ1v) is 8.03. The molecule has 0 fully saturated rings. The molecule has 3 rings (SSSR count). The van der Waals surface area contributed by atoms with Gasteiger partial charge in [0, 0.05) is 37.8 Å². The van der Waals surface area contributed by atoms with E-state index in [1.165, 1.54) is 0 Å². The molecule has 7 heteroatoms. The largest absolute Gasteiger partial charge is 0.396 e. The van der Waals surface area contributed by atoms with Crippen molar-refractivity contribution in [2.24, 2.45) is 0 Å². The molecule has 0 amide bonds. The van der Waals surface area contributed by atoms with Crippen LogP contribution in [-0.2, 0) is 13.0 Å². The average Bonchev–Trinajstić information content (AvgIpc) is 3.04. The molecule has 1 aliphatic rings. The van der Waals surface area contributed by atoms with Crippen molar-refractivity contribution in [3.05, 3.63) is 23.0 Å². The van der Waals surface area contributed by atoms with Gasteiger partial charge in [0.2, 0.25) is 0 Å². The molecule has 3 heterocycles. The molecular formula is C16H22N6O. The first-order chi connectivity index (χ1) is 11.2. The summed E-state index contributed by atoms with van der Waals surface area (Å²) in [6.45, 7) is 6.83. The number of rotatable bonds is 5. The van der Waals surface area contributed by atoms with Crippen molar-refractivity contribution in [2.75, 3.05) is 25.0 Å². The van der Waals surface area contributed by atoms with Crippen LogP contribution in [0.2, 0.25) is 0 Å². The van der Waals surface area contributed by atoms with E-state index in [4.69, 9.17) is 5.11 Å². The van der Waals surface area contributed by atoms with E-state index in [1.807, 2.05) is 4.40 Å². The zero-order valence-electron chi connectivity index (χ0n) is 13.6. The van der Waals surface area contributed by atoms with Gasteiger partial charge >= 0.3 is 0 Å². The van der Waals surface area contributed by atoms with Gasteiger partial charge in [-0.25, -0.2) is 0 Å². The summed E-state index contributed by atoms with van der Waals surface area (Å²) in [7, 11) is 0. The molecule has 0 bridgehead atoms. The first-order valence-electron chi connectivity index (χ1n) is 8.03. The second-order valence-electron chi connectivity index (χ2n) is 6.14. The number of hydrogen-bond donors (Lipinski definition) is 2. The lowest BCUT2D eigenvalue weighted by Crippen LogP contribution is -2.36. The molecule has 2 aromatic rings. The molecule has 0 saturated heterocycles. The van der Waals surface area contributed by atoms with Gasteiger partial charge in [-0.3, -0.25) is 9.30 Å². The molecule has 0 saturated carbocycles. The van der Waals surface area contributed by atoms with Gasteiger partial charge in [0.1, 0.15) is 18.2 Å². The lowest BCUT2D eigenvalue weighted by molar-refractivity contribution is 0.204. The molecule has 2 aromatic heterocycles. The van der Waals surface area contributed by atoms with E-state index in [-0.39, 0.29) is 6.61 Å². The Morgan fingerprint density at radius 1 is 1.43 bits per heavy atom. The number of nitrogens with one attached hydrogen (secondary N) is 1. The molecule has 0 spiro atoms. The monoisotopic (exact) mass is 314 g/mol. The fourth-order valence-electron chi connectivity index (χ4n) is 3.15. The molecule has 0 aromatic carbocycles. The number of anilines is 1. The third kappa shape index (κ3) is 2.76. The number of hydrogen-bond acceptors (Lipinski definition) is 6. The van der Waals surface area contributed by atoms with E-state index >= 15 is 0 Å². The average molecular weight is 314 g/mol. The van der Waals surface area contributed by atoms with Crippen LogP contribution in [0.3, 0.4) is 0 Å². The van der Waals surface area contributed by atoms with Crippen molar-refractivity contribution >= 4 is 11.5 Å².